The molecule has 2 aromatic heterocycles. The Kier molecular flexibility index (Phi) is 7.22. The largest absolute Gasteiger partial charge is 0.465 e. The number of aryl methyl sites for hydroxylation is 1. The van der Waals surface area contributed by atoms with E-state index < -0.39 is 5.97 Å². The maximum absolute atomic E-state index is 13.0. The molecule has 3 heterocycles. The van der Waals surface area contributed by atoms with E-state index in [0.717, 1.165) is 43.6 Å². The second kappa shape index (κ2) is 9.86. The number of thiophene rings is 1. The molecule has 0 bridgehead atoms. The Bertz CT molecular complexity index is 885. The van der Waals surface area contributed by atoms with E-state index in [1.165, 1.54) is 24.7 Å². The van der Waals surface area contributed by atoms with Gasteiger partial charge in [0.05, 0.1) is 31.5 Å². The van der Waals surface area contributed by atoms with Crippen molar-refractivity contribution in [2.75, 3.05) is 43.9 Å². The zero-order valence-corrected chi connectivity index (χ0v) is 18.0. The van der Waals surface area contributed by atoms with E-state index in [4.69, 9.17) is 9.26 Å². The number of quaternary nitrogens is 1. The summed E-state index contributed by atoms with van der Waals surface area (Å²) in [4.78, 5) is 38.4. The van der Waals surface area contributed by atoms with Gasteiger partial charge in [-0.3, -0.25) is 9.59 Å². The molecule has 0 aliphatic carbocycles. The minimum atomic E-state index is -0.486. The maximum atomic E-state index is 13.0. The molecule has 0 aromatic carbocycles. The lowest BCUT2D eigenvalue weighted by atomic mass is 10.2. The Balaban J connectivity index is 1.73. The minimum Gasteiger partial charge on any atom is -0.465 e. The SMILES string of the molecule is COC(=O)c1csc(C)c1NC(=O)C[N+]1(CC(=O)Nc2ccon2)CCCCCC1. The smallest absolute Gasteiger partial charge is 0.340 e. The summed E-state index contributed by atoms with van der Waals surface area (Å²) < 4.78 is 9.93. The predicted octanol–water partition coefficient (Wildman–Crippen LogP) is 2.80. The number of anilines is 2. The first-order valence-corrected chi connectivity index (χ1v) is 10.8. The quantitative estimate of drug-likeness (QED) is 0.511. The fraction of sp³-hybridized carbons (Fsp3) is 0.500. The van der Waals surface area contributed by atoms with Crippen molar-refractivity contribution < 1.29 is 28.1 Å². The standard InChI is InChI=1S/C20H26N4O5S/c1-14-19(15(13-30-14)20(27)28-2)22-18(26)12-24(8-5-3-4-6-9-24)11-17(25)21-16-7-10-29-23-16/h7,10,13H,3-6,8-9,11-12H2,1-2H3,(H-,21,22,23,25,26)/p+1. The highest BCUT2D eigenvalue weighted by Crippen LogP contribution is 2.28. The number of esters is 1. The molecule has 1 aliphatic heterocycles. The lowest BCUT2D eigenvalue weighted by Gasteiger charge is -2.36. The van der Waals surface area contributed by atoms with Crippen molar-refractivity contribution in [3.63, 3.8) is 0 Å². The van der Waals surface area contributed by atoms with Gasteiger partial charge in [-0.15, -0.1) is 11.3 Å². The van der Waals surface area contributed by atoms with Crippen LogP contribution < -0.4 is 10.6 Å². The predicted molar refractivity (Wildman–Crippen MR) is 112 cm³/mol. The van der Waals surface area contributed by atoms with Crippen LogP contribution in [0, 0.1) is 6.92 Å². The molecule has 0 unspecified atom stereocenters. The van der Waals surface area contributed by atoms with Gasteiger partial charge in [0.1, 0.15) is 6.26 Å². The molecule has 2 aromatic rings. The zero-order valence-electron chi connectivity index (χ0n) is 17.2. The number of aromatic nitrogens is 1. The van der Waals surface area contributed by atoms with Crippen LogP contribution in [-0.4, -0.2) is 60.7 Å². The molecular weight excluding hydrogens is 408 g/mol. The number of carbonyl (C=O) groups excluding carboxylic acids is 3. The third-order valence-electron chi connectivity index (χ3n) is 5.32. The number of methoxy groups -OCH3 is 1. The van der Waals surface area contributed by atoms with Crippen molar-refractivity contribution in [2.45, 2.75) is 32.6 Å². The molecule has 1 aliphatic rings. The summed E-state index contributed by atoms with van der Waals surface area (Å²) in [6.07, 6.45) is 5.47. The Labute approximate surface area is 179 Å². The highest BCUT2D eigenvalue weighted by molar-refractivity contribution is 7.10. The number of likely N-dealkylation sites (tertiary alicyclic amines) is 1. The topological polar surface area (TPSA) is 111 Å². The van der Waals surface area contributed by atoms with Crippen molar-refractivity contribution in [2.24, 2.45) is 0 Å². The molecule has 1 fully saturated rings. The molecule has 9 nitrogen and oxygen atoms in total. The van der Waals surface area contributed by atoms with Crippen LogP contribution in [0.4, 0.5) is 11.5 Å². The highest BCUT2D eigenvalue weighted by Gasteiger charge is 2.34. The van der Waals surface area contributed by atoms with Gasteiger partial charge >= 0.3 is 5.97 Å². The van der Waals surface area contributed by atoms with Crippen LogP contribution in [-0.2, 0) is 14.3 Å². The molecular formula is C20H27N4O5S+. The van der Waals surface area contributed by atoms with Crippen LogP contribution >= 0.6 is 11.3 Å². The Morgan fingerprint density at radius 3 is 2.40 bits per heavy atom. The third-order valence-corrected chi connectivity index (χ3v) is 6.23. The molecule has 0 saturated carbocycles. The van der Waals surface area contributed by atoms with Crippen LogP contribution in [0.3, 0.4) is 0 Å². The molecule has 0 atom stereocenters. The van der Waals surface area contributed by atoms with E-state index >= 15 is 0 Å². The average Bonchev–Trinajstić information content (AvgIpc) is 3.27. The fourth-order valence-electron chi connectivity index (χ4n) is 3.85. The summed E-state index contributed by atoms with van der Waals surface area (Å²) in [6.45, 7) is 3.65. The van der Waals surface area contributed by atoms with Crippen molar-refractivity contribution in [3.8, 4) is 0 Å². The lowest BCUT2D eigenvalue weighted by molar-refractivity contribution is -0.912. The molecule has 0 radical (unpaired) electrons. The summed E-state index contributed by atoms with van der Waals surface area (Å²) >= 11 is 1.38. The summed E-state index contributed by atoms with van der Waals surface area (Å²) in [5, 5.41) is 11.0. The number of ether oxygens (including phenoxy) is 1. The average molecular weight is 436 g/mol. The Morgan fingerprint density at radius 2 is 1.80 bits per heavy atom. The summed E-state index contributed by atoms with van der Waals surface area (Å²) in [7, 11) is 1.31. The minimum absolute atomic E-state index is 0.155. The van der Waals surface area contributed by atoms with Crippen LogP contribution in [0.1, 0.15) is 40.9 Å². The van der Waals surface area contributed by atoms with Crippen molar-refractivity contribution in [1.29, 1.82) is 0 Å². The van der Waals surface area contributed by atoms with Crippen molar-refractivity contribution >= 4 is 40.6 Å². The van der Waals surface area contributed by atoms with Gasteiger partial charge in [-0.25, -0.2) is 4.79 Å². The van der Waals surface area contributed by atoms with Crippen LogP contribution in [0.25, 0.3) is 0 Å². The number of nitrogens with zero attached hydrogens (tertiary/aromatic N) is 2. The number of carbonyl (C=O) groups is 3. The third kappa shape index (κ3) is 5.45. The monoisotopic (exact) mass is 435 g/mol. The fourth-order valence-corrected chi connectivity index (χ4v) is 4.64. The zero-order chi connectivity index (χ0) is 21.6. The number of nitrogens with one attached hydrogen (secondary N) is 2. The van der Waals surface area contributed by atoms with Gasteiger partial charge in [-0.2, -0.15) is 0 Å². The van der Waals surface area contributed by atoms with Crippen LogP contribution in [0.5, 0.6) is 0 Å². The van der Waals surface area contributed by atoms with Gasteiger partial charge in [0.2, 0.25) is 0 Å². The summed E-state index contributed by atoms with van der Waals surface area (Å²) in [5.74, 6) is -0.562. The maximum Gasteiger partial charge on any atom is 0.340 e. The molecule has 3 rings (SSSR count). The van der Waals surface area contributed by atoms with E-state index in [1.54, 1.807) is 11.4 Å². The number of amides is 2. The van der Waals surface area contributed by atoms with Crippen molar-refractivity contribution in [1.82, 2.24) is 5.16 Å². The Morgan fingerprint density at radius 1 is 1.13 bits per heavy atom. The first-order valence-electron chi connectivity index (χ1n) is 9.94. The van der Waals surface area contributed by atoms with E-state index in [1.807, 2.05) is 6.92 Å². The molecule has 2 N–H and O–H groups in total. The van der Waals surface area contributed by atoms with Gasteiger partial charge < -0.3 is 24.4 Å². The van der Waals surface area contributed by atoms with E-state index in [2.05, 4.69) is 15.8 Å². The number of hydrogen-bond acceptors (Lipinski definition) is 7. The first kappa shape index (κ1) is 22.0. The number of hydrogen-bond donors (Lipinski definition) is 2. The lowest BCUT2D eigenvalue weighted by Crippen LogP contribution is -2.56. The number of rotatable bonds is 7. The van der Waals surface area contributed by atoms with Gasteiger partial charge in [0.25, 0.3) is 11.8 Å². The van der Waals surface area contributed by atoms with Gasteiger partial charge in [-0.05, 0) is 32.6 Å². The van der Waals surface area contributed by atoms with Crippen molar-refractivity contribution in [3.05, 3.63) is 28.2 Å². The van der Waals surface area contributed by atoms with Crippen LogP contribution in [0.15, 0.2) is 22.2 Å². The van der Waals surface area contributed by atoms with E-state index in [0.29, 0.717) is 21.6 Å². The van der Waals surface area contributed by atoms with Crippen LogP contribution in [0.2, 0.25) is 0 Å². The first-order chi connectivity index (χ1) is 14.4. The van der Waals surface area contributed by atoms with Gasteiger partial charge in [0, 0.05) is 16.3 Å². The summed E-state index contributed by atoms with van der Waals surface area (Å²) in [6, 6.07) is 1.57. The van der Waals surface area contributed by atoms with E-state index in [9.17, 15) is 14.4 Å². The summed E-state index contributed by atoms with van der Waals surface area (Å²) in [5.41, 5.74) is 0.830. The molecule has 30 heavy (non-hydrogen) atoms. The normalized spacial score (nSPS) is 15.8. The Hall–Kier alpha value is -2.72. The molecule has 2 amide bonds. The van der Waals surface area contributed by atoms with E-state index in [-0.39, 0.29) is 24.9 Å². The molecule has 1 saturated heterocycles. The van der Waals surface area contributed by atoms with Gasteiger partial charge in [-0.1, -0.05) is 5.16 Å². The van der Waals surface area contributed by atoms with Gasteiger partial charge in [0.15, 0.2) is 18.9 Å². The molecule has 0 spiro atoms. The highest BCUT2D eigenvalue weighted by atomic mass is 32.1. The molecule has 10 heteroatoms. The molecule has 162 valence electrons. The second-order valence-corrected chi connectivity index (χ2v) is 8.66. The second-order valence-electron chi connectivity index (χ2n) is 7.57.